The number of rotatable bonds is 0. The molecule has 1 aliphatic heterocycles. The highest BCUT2D eigenvalue weighted by Gasteiger charge is 2.38. The van der Waals surface area contributed by atoms with Crippen LogP contribution in [0.4, 0.5) is 0 Å². The van der Waals surface area contributed by atoms with Gasteiger partial charge in [0.25, 0.3) is 5.91 Å². The number of nitrogens with zero attached hydrogens (tertiary/aromatic N) is 1. The Labute approximate surface area is 76.2 Å². The van der Waals surface area contributed by atoms with Crippen LogP contribution in [-0.2, 0) is 9.59 Å². The van der Waals surface area contributed by atoms with E-state index in [4.69, 9.17) is 5.26 Å². The summed E-state index contributed by atoms with van der Waals surface area (Å²) in [4.78, 5) is 22.4. The van der Waals surface area contributed by atoms with Crippen LogP contribution >= 0.6 is 0 Å². The molecule has 0 atom stereocenters. The standard InChI is InChI=1S/C9H10N2O2/c1-5-6(4-10)7(12)11-8(13)9(5,2)3/h1-3H3,(H,11,12,13). The number of amides is 2. The highest BCUT2D eigenvalue weighted by Crippen LogP contribution is 2.31. The van der Waals surface area contributed by atoms with Gasteiger partial charge in [0.15, 0.2) is 0 Å². The Hall–Kier alpha value is -1.63. The van der Waals surface area contributed by atoms with Crippen molar-refractivity contribution in [2.45, 2.75) is 20.8 Å². The van der Waals surface area contributed by atoms with E-state index >= 15 is 0 Å². The van der Waals surface area contributed by atoms with Crippen LogP contribution in [0.15, 0.2) is 11.1 Å². The van der Waals surface area contributed by atoms with Gasteiger partial charge in [-0.2, -0.15) is 5.26 Å². The summed E-state index contributed by atoms with van der Waals surface area (Å²) < 4.78 is 0. The highest BCUT2D eigenvalue weighted by atomic mass is 16.2. The molecular weight excluding hydrogens is 168 g/mol. The molecule has 0 saturated carbocycles. The van der Waals surface area contributed by atoms with Crippen molar-refractivity contribution in [1.29, 1.82) is 5.26 Å². The van der Waals surface area contributed by atoms with Crippen molar-refractivity contribution in [3.05, 3.63) is 11.1 Å². The highest BCUT2D eigenvalue weighted by molar-refractivity contribution is 6.12. The molecule has 0 fully saturated rings. The van der Waals surface area contributed by atoms with Crippen molar-refractivity contribution >= 4 is 11.8 Å². The Balaban J connectivity index is 3.35. The fourth-order valence-corrected chi connectivity index (χ4v) is 1.11. The molecule has 68 valence electrons. The normalized spacial score (nSPS) is 21.1. The molecule has 1 heterocycles. The van der Waals surface area contributed by atoms with Crippen molar-refractivity contribution in [3.63, 3.8) is 0 Å². The molecule has 0 unspecified atom stereocenters. The fraction of sp³-hybridized carbons (Fsp3) is 0.444. The average Bonchev–Trinajstić information content (AvgIpc) is 2.03. The summed E-state index contributed by atoms with van der Waals surface area (Å²) in [5.74, 6) is -0.946. The minimum atomic E-state index is -0.765. The molecule has 0 aromatic carbocycles. The third-order valence-corrected chi connectivity index (χ3v) is 2.45. The van der Waals surface area contributed by atoms with Crippen molar-refractivity contribution in [1.82, 2.24) is 5.32 Å². The van der Waals surface area contributed by atoms with Gasteiger partial charge in [0, 0.05) is 0 Å². The van der Waals surface area contributed by atoms with E-state index in [1.165, 1.54) is 0 Å². The van der Waals surface area contributed by atoms with E-state index in [2.05, 4.69) is 5.32 Å². The van der Waals surface area contributed by atoms with E-state index in [0.717, 1.165) is 0 Å². The van der Waals surface area contributed by atoms with E-state index in [-0.39, 0.29) is 11.5 Å². The van der Waals surface area contributed by atoms with Crippen molar-refractivity contribution in [3.8, 4) is 6.07 Å². The molecule has 1 rings (SSSR count). The molecule has 0 aromatic heterocycles. The van der Waals surface area contributed by atoms with Gasteiger partial charge >= 0.3 is 0 Å². The van der Waals surface area contributed by atoms with Crippen LogP contribution in [0.1, 0.15) is 20.8 Å². The summed E-state index contributed by atoms with van der Waals surface area (Å²) in [5, 5.41) is 10.8. The summed E-state index contributed by atoms with van der Waals surface area (Å²) in [5.41, 5.74) is -0.188. The Kier molecular flexibility index (Phi) is 1.96. The average molecular weight is 178 g/mol. The summed E-state index contributed by atoms with van der Waals surface area (Å²) in [6.45, 7) is 5.00. The largest absolute Gasteiger partial charge is 0.291 e. The lowest BCUT2D eigenvalue weighted by Gasteiger charge is -2.28. The monoisotopic (exact) mass is 178 g/mol. The second kappa shape index (κ2) is 2.70. The van der Waals surface area contributed by atoms with Gasteiger partial charge < -0.3 is 0 Å². The van der Waals surface area contributed by atoms with Crippen molar-refractivity contribution in [2.75, 3.05) is 0 Å². The van der Waals surface area contributed by atoms with E-state index < -0.39 is 11.3 Å². The van der Waals surface area contributed by atoms with Gasteiger partial charge in [0.05, 0.1) is 5.41 Å². The van der Waals surface area contributed by atoms with Gasteiger partial charge in [0.1, 0.15) is 11.6 Å². The first-order valence-electron chi connectivity index (χ1n) is 3.88. The lowest BCUT2D eigenvalue weighted by molar-refractivity contribution is -0.134. The number of hydrogen-bond acceptors (Lipinski definition) is 3. The quantitative estimate of drug-likeness (QED) is 0.549. The molecule has 0 aliphatic carbocycles. The Morgan fingerprint density at radius 1 is 1.38 bits per heavy atom. The number of hydrogen-bond donors (Lipinski definition) is 1. The Bertz CT molecular complexity index is 358. The van der Waals surface area contributed by atoms with Gasteiger partial charge in [-0.3, -0.25) is 14.9 Å². The first-order valence-corrected chi connectivity index (χ1v) is 3.88. The summed E-state index contributed by atoms with van der Waals surface area (Å²) >= 11 is 0. The fourth-order valence-electron chi connectivity index (χ4n) is 1.11. The SMILES string of the molecule is CC1=C(C#N)C(=O)NC(=O)C1(C)C. The predicted molar refractivity (Wildman–Crippen MR) is 45.2 cm³/mol. The second-order valence-corrected chi connectivity index (χ2v) is 3.52. The molecule has 0 radical (unpaired) electrons. The molecule has 4 heteroatoms. The first kappa shape index (κ1) is 9.46. The zero-order chi connectivity index (χ0) is 10.2. The summed E-state index contributed by atoms with van der Waals surface area (Å²) in [6.07, 6.45) is 0. The molecule has 4 nitrogen and oxygen atoms in total. The molecular formula is C9H10N2O2. The van der Waals surface area contributed by atoms with Crippen LogP contribution < -0.4 is 5.32 Å². The minimum Gasteiger partial charge on any atom is -0.291 e. The number of carbonyl (C=O) groups excluding carboxylic acids is 2. The maximum Gasteiger partial charge on any atom is 0.268 e. The smallest absolute Gasteiger partial charge is 0.268 e. The zero-order valence-electron chi connectivity index (χ0n) is 7.76. The third kappa shape index (κ3) is 1.22. The van der Waals surface area contributed by atoms with Crippen LogP contribution in [0.25, 0.3) is 0 Å². The topological polar surface area (TPSA) is 70.0 Å². The maximum atomic E-state index is 11.3. The van der Waals surface area contributed by atoms with E-state index in [9.17, 15) is 9.59 Å². The molecule has 0 saturated heterocycles. The van der Waals surface area contributed by atoms with E-state index in [0.29, 0.717) is 5.57 Å². The maximum absolute atomic E-state index is 11.3. The number of imide groups is 1. The Morgan fingerprint density at radius 3 is 2.38 bits per heavy atom. The number of carbonyl (C=O) groups is 2. The van der Waals surface area contributed by atoms with E-state index in [1.54, 1.807) is 26.8 Å². The number of nitriles is 1. The first-order chi connectivity index (χ1) is 5.91. The molecule has 1 N–H and O–H groups in total. The number of nitrogens with one attached hydrogen (secondary N) is 1. The lowest BCUT2D eigenvalue weighted by atomic mass is 9.79. The summed E-state index contributed by atoms with van der Waals surface area (Å²) in [7, 11) is 0. The minimum absolute atomic E-state index is 0.0459. The van der Waals surface area contributed by atoms with Crippen molar-refractivity contribution < 1.29 is 9.59 Å². The van der Waals surface area contributed by atoms with Gasteiger partial charge in [-0.05, 0) is 26.3 Å². The molecule has 0 bridgehead atoms. The molecule has 0 spiro atoms. The van der Waals surface area contributed by atoms with Gasteiger partial charge in [-0.15, -0.1) is 0 Å². The van der Waals surface area contributed by atoms with Gasteiger partial charge in [-0.1, -0.05) is 0 Å². The lowest BCUT2D eigenvalue weighted by Crippen LogP contribution is -2.46. The molecule has 1 aliphatic rings. The Morgan fingerprint density at radius 2 is 1.92 bits per heavy atom. The molecule has 0 aromatic rings. The zero-order valence-corrected chi connectivity index (χ0v) is 7.76. The molecule has 2 amide bonds. The van der Waals surface area contributed by atoms with Crippen LogP contribution in [0, 0.1) is 16.7 Å². The van der Waals surface area contributed by atoms with E-state index in [1.807, 2.05) is 0 Å². The van der Waals surface area contributed by atoms with Crippen LogP contribution in [0.5, 0.6) is 0 Å². The second-order valence-electron chi connectivity index (χ2n) is 3.52. The van der Waals surface area contributed by atoms with Gasteiger partial charge in [0.2, 0.25) is 5.91 Å². The van der Waals surface area contributed by atoms with Crippen LogP contribution in [0.2, 0.25) is 0 Å². The molecule has 13 heavy (non-hydrogen) atoms. The summed E-state index contributed by atoms with van der Waals surface area (Å²) in [6, 6.07) is 1.79. The van der Waals surface area contributed by atoms with Crippen LogP contribution in [0.3, 0.4) is 0 Å². The predicted octanol–water partition coefficient (Wildman–Crippen LogP) is 0.509. The van der Waals surface area contributed by atoms with Crippen molar-refractivity contribution in [2.24, 2.45) is 5.41 Å². The van der Waals surface area contributed by atoms with Crippen LogP contribution in [-0.4, -0.2) is 11.8 Å². The van der Waals surface area contributed by atoms with Gasteiger partial charge in [-0.25, -0.2) is 0 Å². The third-order valence-electron chi connectivity index (χ3n) is 2.45.